The third kappa shape index (κ3) is 2.24. The molecule has 2 rings (SSSR count). The molecule has 1 aromatic heterocycles. The summed E-state index contributed by atoms with van der Waals surface area (Å²) < 4.78 is 2.53. The zero-order chi connectivity index (χ0) is 11.0. The number of benzene rings is 1. The number of halogens is 3. The molecule has 1 aromatic carbocycles. The Morgan fingerprint density at radius 1 is 1.20 bits per heavy atom. The zero-order valence-corrected chi connectivity index (χ0v) is 14.7. The van der Waals surface area contributed by atoms with E-state index in [1.54, 1.807) is 6.33 Å². The second kappa shape index (κ2) is 4.94. The first-order chi connectivity index (χ1) is 7.15. The van der Waals surface area contributed by atoms with Gasteiger partial charge in [-0.15, -0.1) is 0 Å². The molecule has 5 heteroatoms. The number of rotatable bonds is 1. The molecular formula is C10H8I3N2-. The fourth-order valence-corrected chi connectivity index (χ4v) is 5.37. The van der Waals surface area contributed by atoms with Crippen LogP contribution in [0, 0.1) is 21.1 Å². The summed E-state index contributed by atoms with van der Waals surface area (Å²) in [6.45, 7) is 4.33. The molecule has 1 heterocycles. The van der Waals surface area contributed by atoms with Crippen LogP contribution < -0.4 is 17.2 Å². The molecule has 2 nitrogen and oxygen atoms in total. The number of aromatic nitrogens is 2. The van der Waals surface area contributed by atoms with Crippen LogP contribution in [0.5, 0.6) is 0 Å². The summed E-state index contributed by atoms with van der Waals surface area (Å²) in [6.07, 6.45) is 1.68. The Kier molecular flexibility index (Phi) is 4.03. The van der Waals surface area contributed by atoms with Gasteiger partial charge in [0.2, 0.25) is 0 Å². The predicted molar refractivity (Wildman–Crippen MR) is 74.4 cm³/mol. The molecule has 0 bridgehead atoms. The van der Waals surface area contributed by atoms with E-state index in [4.69, 9.17) is 0 Å². The molecule has 80 valence electrons. The molecule has 0 aliphatic carbocycles. The first-order valence-corrected chi connectivity index (χ1v) is 12.8. The van der Waals surface area contributed by atoms with E-state index in [2.05, 4.69) is 71.1 Å². The minimum atomic E-state index is -0.0159. The monoisotopic (exact) mass is 537 g/mol. The van der Waals surface area contributed by atoms with Crippen molar-refractivity contribution in [1.29, 1.82) is 0 Å². The van der Waals surface area contributed by atoms with Crippen molar-refractivity contribution in [1.82, 2.24) is 9.97 Å². The zero-order valence-electron chi connectivity index (χ0n) is 8.18. The molecule has 0 aliphatic heterocycles. The first kappa shape index (κ1) is 12.2. The maximum atomic E-state index is 4.38. The Morgan fingerprint density at radius 2 is 1.93 bits per heavy atom. The maximum absolute atomic E-state index is 4.38. The van der Waals surface area contributed by atoms with E-state index in [-0.39, 0.29) is 17.2 Å². The Labute approximate surface area is 122 Å². The van der Waals surface area contributed by atoms with Crippen molar-refractivity contribution in [3.8, 4) is 0 Å². The quantitative estimate of drug-likeness (QED) is 0.391. The molecule has 0 atom stereocenters. The van der Waals surface area contributed by atoms with Crippen LogP contribution in [0.15, 0.2) is 12.4 Å². The summed E-state index contributed by atoms with van der Waals surface area (Å²) in [7, 11) is 0. The molecule has 0 saturated heterocycles. The summed E-state index contributed by atoms with van der Waals surface area (Å²) >= 11 is 4.81. The molecular weight excluding hydrogens is 529 g/mol. The molecule has 0 radical (unpaired) electrons. The van der Waals surface area contributed by atoms with E-state index in [1.165, 1.54) is 23.8 Å². The summed E-state index contributed by atoms with van der Waals surface area (Å²) in [5.74, 6) is 0. The van der Waals surface area contributed by atoms with Crippen LogP contribution in [0.2, 0.25) is 0 Å². The van der Waals surface area contributed by atoms with Crippen LogP contribution in [-0.4, -0.2) is 9.97 Å². The first-order valence-electron chi connectivity index (χ1n) is 4.31. The van der Waals surface area contributed by atoms with Crippen LogP contribution >= 0.6 is 41.2 Å². The van der Waals surface area contributed by atoms with Gasteiger partial charge in [0.05, 0.1) is 0 Å². The molecule has 15 heavy (non-hydrogen) atoms. The van der Waals surface area contributed by atoms with Gasteiger partial charge in [-0.3, -0.25) is 0 Å². The topological polar surface area (TPSA) is 25.8 Å². The van der Waals surface area contributed by atoms with Gasteiger partial charge in [0.1, 0.15) is 0 Å². The molecule has 0 aliphatic rings. The fraction of sp³-hybridized carbons (Fsp3) is 0.200. The number of nitrogens with zero attached hydrogens (tertiary/aromatic N) is 2. The molecule has 0 unspecified atom stereocenters. The van der Waals surface area contributed by atoms with Gasteiger partial charge >= 0.3 is 124 Å². The van der Waals surface area contributed by atoms with Crippen LogP contribution in [0.3, 0.4) is 0 Å². The van der Waals surface area contributed by atoms with Crippen molar-refractivity contribution in [3.05, 3.63) is 30.8 Å². The Hall–Kier alpha value is 0.750. The van der Waals surface area contributed by atoms with Crippen molar-refractivity contribution < 1.29 is 17.2 Å². The summed E-state index contributed by atoms with van der Waals surface area (Å²) in [5, 5.41) is 1.28. The van der Waals surface area contributed by atoms with Crippen LogP contribution in [0.4, 0.5) is 0 Å². The van der Waals surface area contributed by atoms with Crippen LogP contribution in [0.1, 0.15) is 11.1 Å². The molecule has 0 amide bonds. The van der Waals surface area contributed by atoms with Crippen molar-refractivity contribution in [2.75, 3.05) is 0 Å². The van der Waals surface area contributed by atoms with E-state index >= 15 is 0 Å². The Bertz CT molecular complexity index is 526. The van der Waals surface area contributed by atoms with E-state index in [0.717, 1.165) is 5.52 Å². The SMILES string of the molecule is Cc1c(I)cc2ncnc([I-]I)c2c1C. The van der Waals surface area contributed by atoms with E-state index in [9.17, 15) is 0 Å². The van der Waals surface area contributed by atoms with Gasteiger partial charge in [0.25, 0.3) is 0 Å². The van der Waals surface area contributed by atoms with Crippen molar-refractivity contribution in [2.45, 2.75) is 13.8 Å². The van der Waals surface area contributed by atoms with Gasteiger partial charge in [-0.05, 0) is 0 Å². The fourth-order valence-electron chi connectivity index (χ4n) is 1.48. The second-order valence-corrected chi connectivity index (χ2v) is 8.57. The molecule has 2 aromatic rings. The van der Waals surface area contributed by atoms with E-state index < -0.39 is 0 Å². The van der Waals surface area contributed by atoms with Gasteiger partial charge in [-0.2, -0.15) is 0 Å². The van der Waals surface area contributed by atoms with Gasteiger partial charge < -0.3 is 0 Å². The second-order valence-electron chi connectivity index (χ2n) is 3.24. The molecule has 0 spiro atoms. The Balaban J connectivity index is 2.93. The van der Waals surface area contributed by atoms with Crippen molar-refractivity contribution in [3.63, 3.8) is 0 Å². The third-order valence-corrected chi connectivity index (χ3v) is 7.37. The molecule has 0 fully saturated rings. The summed E-state index contributed by atoms with van der Waals surface area (Å²) in [6, 6.07) is 2.15. The summed E-state index contributed by atoms with van der Waals surface area (Å²) in [4.78, 5) is 8.74. The molecule has 0 N–H and O–H groups in total. The van der Waals surface area contributed by atoms with Gasteiger partial charge in [0, 0.05) is 0 Å². The van der Waals surface area contributed by atoms with Gasteiger partial charge in [0.15, 0.2) is 0 Å². The number of fused-ring (bicyclic) bond motifs is 1. The van der Waals surface area contributed by atoms with Crippen molar-refractivity contribution in [2.24, 2.45) is 0 Å². The van der Waals surface area contributed by atoms with Crippen LogP contribution in [0.25, 0.3) is 10.9 Å². The van der Waals surface area contributed by atoms with E-state index in [0.29, 0.717) is 0 Å². The van der Waals surface area contributed by atoms with E-state index in [1.807, 2.05) is 0 Å². The number of aryl methyl sites for hydroxylation is 1. The summed E-state index contributed by atoms with van der Waals surface area (Å²) in [5.41, 5.74) is 3.78. The average Bonchev–Trinajstić information content (AvgIpc) is 2.25. The van der Waals surface area contributed by atoms with Crippen LogP contribution in [-0.2, 0) is 0 Å². The number of hydrogen-bond acceptors (Lipinski definition) is 2. The van der Waals surface area contributed by atoms with Gasteiger partial charge in [-0.1, -0.05) is 0 Å². The minimum absolute atomic E-state index is 0.0159. The van der Waals surface area contributed by atoms with Crippen molar-refractivity contribution >= 4 is 52.1 Å². The third-order valence-electron chi connectivity index (χ3n) is 2.46. The van der Waals surface area contributed by atoms with Gasteiger partial charge in [-0.25, -0.2) is 0 Å². The Morgan fingerprint density at radius 3 is 2.60 bits per heavy atom. The predicted octanol–water partition coefficient (Wildman–Crippen LogP) is 0.460. The molecule has 0 saturated carbocycles. The number of hydrogen-bond donors (Lipinski definition) is 0. The normalized spacial score (nSPS) is 11.2. The standard InChI is InChI=1S/C10H8I3N2/c1-5-6(2)9-8(3-7(5)11)14-4-15-10(9)13-12/h3-4H,1-2H3/q-1. The average molecular weight is 537 g/mol.